The van der Waals surface area contributed by atoms with Crippen molar-refractivity contribution in [2.45, 2.75) is 11.8 Å². The quantitative estimate of drug-likeness (QED) is 0.651. The Labute approximate surface area is 99.1 Å². The van der Waals surface area contributed by atoms with Crippen LogP contribution >= 0.6 is 11.8 Å². The van der Waals surface area contributed by atoms with Crippen LogP contribution in [0, 0.1) is 5.82 Å². The number of hydrogen-bond donors (Lipinski definition) is 1. The predicted octanol–water partition coefficient (Wildman–Crippen LogP) is 1.93. The summed E-state index contributed by atoms with van der Waals surface area (Å²) in [7, 11) is -3.47. The molecule has 2 N–H and O–H groups in total. The van der Waals surface area contributed by atoms with Crippen molar-refractivity contribution in [3.63, 3.8) is 0 Å². The van der Waals surface area contributed by atoms with Gasteiger partial charge in [-0.1, -0.05) is 6.92 Å². The maximum Gasteiger partial charge on any atom is 0.181 e. The number of sulfone groups is 1. The zero-order valence-electron chi connectivity index (χ0n) is 8.94. The third-order valence-corrected chi connectivity index (χ3v) is 4.94. The summed E-state index contributed by atoms with van der Waals surface area (Å²) >= 11 is 1.53. The van der Waals surface area contributed by atoms with Crippen molar-refractivity contribution >= 4 is 27.3 Å². The number of benzene rings is 1. The van der Waals surface area contributed by atoms with E-state index in [9.17, 15) is 12.8 Å². The highest BCUT2D eigenvalue weighted by Crippen LogP contribution is 2.21. The minimum Gasteiger partial charge on any atom is -0.398 e. The van der Waals surface area contributed by atoms with E-state index in [2.05, 4.69) is 0 Å². The lowest BCUT2D eigenvalue weighted by molar-refractivity contribution is 0.593. The van der Waals surface area contributed by atoms with E-state index in [0.29, 0.717) is 5.75 Å². The highest BCUT2D eigenvalue weighted by atomic mass is 32.2. The van der Waals surface area contributed by atoms with Crippen LogP contribution in [0.1, 0.15) is 6.92 Å². The molecule has 0 aliphatic heterocycles. The van der Waals surface area contributed by atoms with Crippen LogP contribution in [-0.2, 0) is 9.84 Å². The second kappa shape index (κ2) is 5.54. The first-order valence-electron chi connectivity index (χ1n) is 4.83. The Morgan fingerprint density at radius 3 is 2.75 bits per heavy atom. The first kappa shape index (κ1) is 13.3. The van der Waals surface area contributed by atoms with E-state index in [-0.39, 0.29) is 16.3 Å². The van der Waals surface area contributed by atoms with Gasteiger partial charge in [0, 0.05) is 5.75 Å². The fraction of sp³-hybridized carbons (Fsp3) is 0.400. The molecule has 0 heterocycles. The van der Waals surface area contributed by atoms with Gasteiger partial charge in [-0.25, -0.2) is 12.8 Å². The summed E-state index contributed by atoms with van der Waals surface area (Å²) in [6.45, 7) is 1.95. The minimum absolute atomic E-state index is 0.0147. The second-order valence-electron chi connectivity index (χ2n) is 3.20. The van der Waals surface area contributed by atoms with Crippen molar-refractivity contribution in [2.75, 3.05) is 23.0 Å². The molecule has 0 aliphatic rings. The van der Waals surface area contributed by atoms with Gasteiger partial charge in [0.05, 0.1) is 16.3 Å². The molecule has 16 heavy (non-hydrogen) atoms. The van der Waals surface area contributed by atoms with Gasteiger partial charge in [0.15, 0.2) is 9.84 Å². The Balaban J connectivity index is 2.93. The van der Waals surface area contributed by atoms with E-state index < -0.39 is 15.7 Å². The molecule has 0 amide bonds. The lowest BCUT2D eigenvalue weighted by Crippen LogP contribution is -2.11. The number of nitrogen functional groups attached to an aromatic ring is 1. The molecular formula is C10H14FNO2S2. The fourth-order valence-corrected chi connectivity index (χ4v) is 3.78. The molecule has 1 aromatic rings. The molecule has 0 radical (unpaired) electrons. The lowest BCUT2D eigenvalue weighted by atomic mass is 10.3. The number of thioether (sulfide) groups is 1. The molecule has 0 spiro atoms. The van der Waals surface area contributed by atoms with Crippen molar-refractivity contribution < 1.29 is 12.8 Å². The van der Waals surface area contributed by atoms with Crippen LogP contribution < -0.4 is 5.73 Å². The Morgan fingerprint density at radius 2 is 2.12 bits per heavy atom. The summed E-state index contributed by atoms with van der Waals surface area (Å²) < 4.78 is 36.6. The molecule has 1 aromatic carbocycles. The average molecular weight is 263 g/mol. The topological polar surface area (TPSA) is 60.2 Å². The zero-order chi connectivity index (χ0) is 12.2. The van der Waals surface area contributed by atoms with Crippen LogP contribution in [0.2, 0.25) is 0 Å². The standard InChI is InChI=1S/C10H14FNO2S2/c1-2-15-5-6-16(13,14)10-7-8(11)3-4-9(10)12/h3-4,7H,2,5-6,12H2,1H3. The van der Waals surface area contributed by atoms with E-state index in [1.165, 1.54) is 17.8 Å². The van der Waals surface area contributed by atoms with Crippen molar-refractivity contribution in [1.82, 2.24) is 0 Å². The van der Waals surface area contributed by atoms with E-state index >= 15 is 0 Å². The maximum absolute atomic E-state index is 12.9. The lowest BCUT2D eigenvalue weighted by Gasteiger charge is -2.07. The van der Waals surface area contributed by atoms with Crippen LogP contribution in [0.4, 0.5) is 10.1 Å². The molecule has 0 fully saturated rings. The third-order valence-electron chi connectivity index (χ3n) is 2.01. The van der Waals surface area contributed by atoms with Gasteiger partial charge in [0.1, 0.15) is 5.82 Å². The molecule has 6 heteroatoms. The Morgan fingerprint density at radius 1 is 1.44 bits per heavy atom. The smallest absolute Gasteiger partial charge is 0.181 e. The SMILES string of the molecule is CCSCCS(=O)(=O)c1cc(F)ccc1N. The van der Waals surface area contributed by atoms with Crippen LogP contribution in [0.3, 0.4) is 0 Å². The predicted molar refractivity (Wildman–Crippen MR) is 65.9 cm³/mol. The minimum atomic E-state index is -3.47. The van der Waals surface area contributed by atoms with E-state index in [1.807, 2.05) is 6.92 Å². The van der Waals surface area contributed by atoms with Crippen molar-refractivity contribution in [1.29, 1.82) is 0 Å². The molecule has 0 aromatic heterocycles. The van der Waals surface area contributed by atoms with Crippen LogP contribution in [0.15, 0.2) is 23.1 Å². The fourth-order valence-electron chi connectivity index (χ4n) is 1.20. The molecule has 0 unspecified atom stereocenters. The van der Waals surface area contributed by atoms with Gasteiger partial charge in [-0.15, -0.1) is 0 Å². The Hall–Kier alpha value is -0.750. The van der Waals surface area contributed by atoms with Crippen LogP contribution in [0.25, 0.3) is 0 Å². The largest absolute Gasteiger partial charge is 0.398 e. The highest BCUT2D eigenvalue weighted by molar-refractivity contribution is 8.00. The summed E-state index contributed by atoms with van der Waals surface area (Å²) in [6, 6.07) is 3.39. The molecular weight excluding hydrogens is 249 g/mol. The van der Waals surface area contributed by atoms with E-state index in [4.69, 9.17) is 5.73 Å². The molecule has 0 saturated heterocycles. The molecule has 0 aliphatic carbocycles. The van der Waals surface area contributed by atoms with Crippen LogP contribution in [-0.4, -0.2) is 25.7 Å². The highest BCUT2D eigenvalue weighted by Gasteiger charge is 2.17. The monoisotopic (exact) mass is 263 g/mol. The van der Waals surface area contributed by atoms with Gasteiger partial charge in [-0.3, -0.25) is 0 Å². The van der Waals surface area contributed by atoms with Gasteiger partial charge in [-0.05, 0) is 24.0 Å². The number of halogens is 1. The molecule has 0 saturated carbocycles. The Bertz CT molecular complexity index is 460. The Kier molecular flexibility index (Phi) is 4.61. The number of anilines is 1. The van der Waals surface area contributed by atoms with Gasteiger partial charge >= 0.3 is 0 Å². The number of rotatable bonds is 5. The van der Waals surface area contributed by atoms with Gasteiger partial charge < -0.3 is 5.73 Å². The number of nitrogens with two attached hydrogens (primary N) is 1. The van der Waals surface area contributed by atoms with Gasteiger partial charge in [0.2, 0.25) is 0 Å². The summed E-state index contributed by atoms with van der Waals surface area (Å²) in [5.41, 5.74) is 5.63. The molecule has 3 nitrogen and oxygen atoms in total. The molecule has 1 rings (SSSR count). The van der Waals surface area contributed by atoms with Gasteiger partial charge in [0.25, 0.3) is 0 Å². The second-order valence-corrected chi connectivity index (χ2v) is 6.67. The van der Waals surface area contributed by atoms with E-state index in [1.54, 1.807) is 0 Å². The first-order valence-corrected chi connectivity index (χ1v) is 7.63. The number of hydrogen-bond acceptors (Lipinski definition) is 4. The van der Waals surface area contributed by atoms with Crippen molar-refractivity contribution in [3.8, 4) is 0 Å². The van der Waals surface area contributed by atoms with E-state index in [0.717, 1.165) is 17.9 Å². The summed E-state index contributed by atoms with van der Waals surface area (Å²) in [5.74, 6) is 0.748. The summed E-state index contributed by atoms with van der Waals surface area (Å²) in [4.78, 5) is -0.107. The zero-order valence-corrected chi connectivity index (χ0v) is 10.6. The van der Waals surface area contributed by atoms with Crippen molar-refractivity contribution in [2.24, 2.45) is 0 Å². The van der Waals surface area contributed by atoms with Crippen molar-refractivity contribution in [3.05, 3.63) is 24.0 Å². The maximum atomic E-state index is 12.9. The average Bonchev–Trinajstić information content (AvgIpc) is 2.22. The normalized spacial score (nSPS) is 11.6. The third kappa shape index (κ3) is 3.38. The summed E-state index contributed by atoms with van der Waals surface area (Å²) in [6.07, 6.45) is 0. The molecule has 0 bridgehead atoms. The van der Waals surface area contributed by atoms with Crippen LogP contribution in [0.5, 0.6) is 0 Å². The molecule has 90 valence electrons. The van der Waals surface area contributed by atoms with Gasteiger partial charge in [-0.2, -0.15) is 11.8 Å². The molecule has 0 atom stereocenters. The first-order chi connectivity index (χ1) is 7.47. The summed E-state index contributed by atoms with van der Waals surface area (Å²) in [5, 5.41) is 0.